The number of carbonyl (C=O) groups is 2. The summed E-state index contributed by atoms with van der Waals surface area (Å²) >= 11 is 0. The van der Waals surface area contributed by atoms with Gasteiger partial charge in [0.25, 0.3) is 0 Å². The second kappa shape index (κ2) is 13.4. The molecule has 4 saturated carbocycles. The van der Waals surface area contributed by atoms with Crippen molar-refractivity contribution in [3.63, 3.8) is 0 Å². The molecule has 2 spiro atoms. The highest BCUT2D eigenvalue weighted by molar-refractivity contribution is 6.00. The third-order valence-corrected chi connectivity index (χ3v) is 16.6. The zero-order valence-corrected chi connectivity index (χ0v) is 33.1. The van der Waals surface area contributed by atoms with E-state index in [0.717, 1.165) is 85.3 Å². The molecule has 0 aliphatic heterocycles. The Morgan fingerprint density at radius 1 is 0.818 bits per heavy atom. The van der Waals surface area contributed by atoms with Gasteiger partial charge in [-0.15, -0.1) is 0 Å². The molecule has 3 aromatic rings. The van der Waals surface area contributed by atoms with Crippen molar-refractivity contribution in [1.82, 2.24) is 10.2 Å². The first-order valence-corrected chi connectivity index (χ1v) is 21.4. The molecule has 3 N–H and O–H groups in total. The number of carbonyl (C=O) groups excluding carboxylic acids is 2. The van der Waals surface area contributed by atoms with Crippen LogP contribution in [0.3, 0.4) is 0 Å². The summed E-state index contributed by atoms with van der Waals surface area (Å²) in [6.45, 7) is 7.35. The van der Waals surface area contributed by atoms with Crippen LogP contribution in [0.2, 0.25) is 0 Å². The summed E-state index contributed by atoms with van der Waals surface area (Å²) in [4.78, 5) is 31.5. The number of hydrogen-bond donors (Lipinski definition) is 3. The van der Waals surface area contributed by atoms with Crippen LogP contribution in [0.5, 0.6) is 0 Å². The molecule has 55 heavy (non-hydrogen) atoms. The number of aliphatic hydroxyl groups excluding tert-OH is 1. The molecular weight excluding hydrogens is 681 g/mol. The van der Waals surface area contributed by atoms with Gasteiger partial charge in [0.05, 0.1) is 24.3 Å². The standard InChI is InChI=1S/C49H60N2O4/c1-33(34-13-6-4-7-14-34)50-44(54)51(31-37-19-12-18-35-15-10-11-20-39(35)37)32-48(55)26-23-42-46(48,3)25-22-41-45(2)24-21-38(52)29-47(45)27-28-49(41,42)40(30-47)43(53)36-16-8-5-9-17-36/h4,6-7,10-15,18-20,27-28,30,33,36,38,41-42,52,55H,5,8-9,16-17,21-26,29,31-32H2,1-3H3,(H,50,54). The Morgan fingerprint density at radius 2 is 1.51 bits per heavy atom. The van der Waals surface area contributed by atoms with Gasteiger partial charge in [0.15, 0.2) is 5.78 Å². The summed E-state index contributed by atoms with van der Waals surface area (Å²) < 4.78 is 0. The topological polar surface area (TPSA) is 89.9 Å². The maximum atomic E-state index is 15.0. The third kappa shape index (κ3) is 5.55. The van der Waals surface area contributed by atoms with E-state index in [2.05, 4.69) is 67.7 Å². The van der Waals surface area contributed by atoms with Crippen molar-refractivity contribution in [3.8, 4) is 0 Å². The smallest absolute Gasteiger partial charge is 0.318 e. The lowest BCUT2D eigenvalue weighted by Crippen LogP contribution is -2.67. The van der Waals surface area contributed by atoms with Gasteiger partial charge in [-0.2, -0.15) is 0 Å². The Labute approximate surface area is 327 Å². The number of rotatable bonds is 8. The number of benzene rings is 3. The number of aliphatic hydroxyl groups is 2. The van der Waals surface area contributed by atoms with Crippen LogP contribution < -0.4 is 5.32 Å². The highest BCUT2D eigenvalue weighted by Gasteiger charge is 2.74. The summed E-state index contributed by atoms with van der Waals surface area (Å²) in [5, 5.41) is 30.0. The number of amides is 2. The first-order chi connectivity index (χ1) is 26.4. The number of ketones is 1. The van der Waals surface area contributed by atoms with Crippen LogP contribution in [-0.2, 0) is 11.3 Å². The number of nitrogens with zero attached hydrogens (tertiary/aromatic N) is 1. The van der Waals surface area contributed by atoms with E-state index in [4.69, 9.17) is 0 Å². The molecule has 0 aromatic heterocycles. The van der Waals surface area contributed by atoms with E-state index in [0.29, 0.717) is 25.2 Å². The molecule has 10 rings (SSSR count). The number of Topliss-reactive ketones (excluding diaryl/α,β-unsaturated/α-hetero) is 1. The van der Waals surface area contributed by atoms with Crippen LogP contribution >= 0.6 is 0 Å². The van der Waals surface area contributed by atoms with Gasteiger partial charge in [-0.1, -0.05) is 124 Å². The molecule has 290 valence electrons. The number of urea groups is 1. The van der Waals surface area contributed by atoms with Crippen molar-refractivity contribution in [2.45, 2.75) is 122 Å². The number of fused-ring (bicyclic) bond motifs is 2. The van der Waals surface area contributed by atoms with Crippen LogP contribution in [0, 0.1) is 39.4 Å². The lowest BCUT2D eigenvalue weighted by molar-refractivity contribution is -0.178. The highest BCUT2D eigenvalue weighted by atomic mass is 16.3. The Bertz CT molecular complexity index is 2030. The molecule has 6 heteroatoms. The largest absolute Gasteiger partial charge is 0.393 e. The van der Waals surface area contributed by atoms with Gasteiger partial charge < -0.3 is 20.4 Å². The van der Waals surface area contributed by atoms with E-state index in [-0.39, 0.29) is 53.3 Å². The Morgan fingerprint density at radius 3 is 2.31 bits per heavy atom. The highest BCUT2D eigenvalue weighted by Crippen LogP contribution is 2.78. The molecule has 7 aliphatic rings. The van der Waals surface area contributed by atoms with Crippen LogP contribution in [0.1, 0.15) is 115 Å². The average molecular weight is 741 g/mol. The van der Waals surface area contributed by atoms with Gasteiger partial charge in [0, 0.05) is 34.3 Å². The van der Waals surface area contributed by atoms with E-state index in [1.54, 1.807) is 0 Å². The van der Waals surface area contributed by atoms with Crippen molar-refractivity contribution in [1.29, 1.82) is 0 Å². The zero-order valence-electron chi connectivity index (χ0n) is 33.1. The fourth-order valence-corrected chi connectivity index (χ4v) is 13.5. The van der Waals surface area contributed by atoms with Gasteiger partial charge in [-0.3, -0.25) is 4.79 Å². The monoisotopic (exact) mass is 740 g/mol. The molecule has 0 saturated heterocycles. The van der Waals surface area contributed by atoms with Crippen molar-refractivity contribution in [2.24, 2.45) is 39.4 Å². The summed E-state index contributed by atoms with van der Waals surface area (Å²) in [5.74, 6) is 0.722. The second-order valence-corrected chi connectivity index (χ2v) is 19.1. The number of nitrogens with one attached hydrogen (secondary N) is 1. The first-order valence-electron chi connectivity index (χ1n) is 21.4. The summed E-state index contributed by atoms with van der Waals surface area (Å²) in [6, 6.07) is 24.3. The normalized spacial score (nSPS) is 37.0. The number of allylic oxidation sites excluding steroid dienone is 4. The first kappa shape index (κ1) is 36.9. The van der Waals surface area contributed by atoms with Crippen molar-refractivity contribution >= 4 is 22.6 Å². The van der Waals surface area contributed by atoms with Crippen LogP contribution in [-0.4, -0.2) is 45.2 Å². The predicted octanol–water partition coefficient (Wildman–Crippen LogP) is 9.85. The molecule has 3 aromatic carbocycles. The van der Waals surface area contributed by atoms with E-state index in [1.807, 2.05) is 54.3 Å². The zero-order chi connectivity index (χ0) is 38.2. The molecule has 0 heterocycles. The second-order valence-electron chi connectivity index (χ2n) is 19.1. The van der Waals surface area contributed by atoms with Gasteiger partial charge in [0.1, 0.15) is 0 Å². The predicted molar refractivity (Wildman–Crippen MR) is 218 cm³/mol. The maximum Gasteiger partial charge on any atom is 0.318 e. The van der Waals surface area contributed by atoms with E-state index in [1.165, 1.54) is 6.42 Å². The van der Waals surface area contributed by atoms with Crippen LogP contribution in [0.4, 0.5) is 4.79 Å². The molecule has 4 fully saturated rings. The van der Waals surface area contributed by atoms with Crippen molar-refractivity contribution < 1.29 is 19.8 Å². The minimum Gasteiger partial charge on any atom is -0.393 e. The molecule has 2 bridgehead atoms. The van der Waals surface area contributed by atoms with E-state index < -0.39 is 16.4 Å². The van der Waals surface area contributed by atoms with Gasteiger partial charge in [-0.25, -0.2) is 4.79 Å². The van der Waals surface area contributed by atoms with Gasteiger partial charge >= 0.3 is 6.03 Å². The molecule has 9 atom stereocenters. The Balaban J connectivity index is 1.09. The quantitative estimate of drug-likeness (QED) is 0.201. The number of hydrogen-bond acceptors (Lipinski definition) is 4. The summed E-state index contributed by atoms with van der Waals surface area (Å²) in [7, 11) is 0. The Kier molecular flexibility index (Phi) is 9.01. The molecule has 6 nitrogen and oxygen atoms in total. The van der Waals surface area contributed by atoms with Crippen molar-refractivity contribution in [3.05, 3.63) is 108 Å². The average Bonchev–Trinajstić information content (AvgIpc) is 3.47. The molecule has 2 amide bonds. The lowest BCUT2D eigenvalue weighted by Gasteiger charge is -2.71. The van der Waals surface area contributed by atoms with E-state index >= 15 is 4.79 Å². The molecule has 0 radical (unpaired) electrons. The fraction of sp³-hybridized carbons (Fsp3) is 0.551. The third-order valence-electron chi connectivity index (χ3n) is 16.6. The van der Waals surface area contributed by atoms with Gasteiger partial charge in [0.2, 0.25) is 0 Å². The SMILES string of the molecule is CC(NC(=O)N(Cc1cccc2ccccc12)CC1(O)CCC2C34C=CC5(C=C3C(=O)C3CCCCC3)CC(O)CCC5(C)C4CCC21C)c1ccccc1. The van der Waals surface area contributed by atoms with Crippen LogP contribution in [0.25, 0.3) is 10.8 Å². The summed E-state index contributed by atoms with van der Waals surface area (Å²) in [6.07, 6.45) is 17.7. The van der Waals surface area contributed by atoms with Crippen molar-refractivity contribution in [2.75, 3.05) is 6.54 Å². The molecule has 7 aliphatic carbocycles. The lowest BCUT2D eigenvalue weighted by atomic mass is 9.32. The fourth-order valence-electron chi connectivity index (χ4n) is 13.5. The molecular formula is C49H60N2O4. The summed E-state index contributed by atoms with van der Waals surface area (Å²) in [5.41, 5.74) is 0.571. The minimum atomic E-state index is -1.15. The Hall–Kier alpha value is -3.74. The van der Waals surface area contributed by atoms with Crippen LogP contribution in [0.15, 0.2) is 96.6 Å². The minimum absolute atomic E-state index is 0.0545. The van der Waals surface area contributed by atoms with E-state index in [9.17, 15) is 15.0 Å². The maximum absolute atomic E-state index is 15.0. The molecule has 9 unspecified atom stereocenters. The van der Waals surface area contributed by atoms with Gasteiger partial charge in [-0.05, 0) is 104 Å².